The molecule has 1 saturated carbocycles. The van der Waals surface area contributed by atoms with E-state index in [-0.39, 0.29) is 30.4 Å². The van der Waals surface area contributed by atoms with Crippen LogP contribution in [0.4, 0.5) is 0 Å². The number of carbonyl (C=O) groups is 2. The van der Waals surface area contributed by atoms with Gasteiger partial charge in [0.15, 0.2) is 11.5 Å². The van der Waals surface area contributed by atoms with E-state index in [1.807, 2.05) is 23.1 Å². The summed E-state index contributed by atoms with van der Waals surface area (Å²) in [5, 5.41) is 0.549. The largest absolute Gasteiger partial charge is 0.454 e. The number of piperazine rings is 1. The molecule has 0 spiro atoms. The van der Waals surface area contributed by atoms with Gasteiger partial charge in [0, 0.05) is 42.7 Å². The SMILES string of the molecule is O=C(c1cccc(Cl)c1)N1CCN(C(=O)C2CC2c2ccc3c(c2)OCO3)CC1. The van der Waals surface area contributed by atoms with Gasteiger partial charge in [-0.1, -0.05) is 23.7 Å². The van der Waals surface area contributed by atoms with Crippen LogP contribution >= 0.6 is 11.6 Å². The second kappa shape index (κ2) is 7.26. The van der Waals surface area contributed by atoms with Gasteiger partial charge >= 0.3 is 0 Å². The quantitative estimate of drug-likeness (QED) is 0.777. The molecule has 7 heteroatoms. The standard InChI is InChI=1S/C22H21ClN2O4/c23-16-3-1-2-15(10-16)21(26)24-6-8-25(9-7-24)22(27)18-12-17(18)14-4-5-19-20(11-14)29-13-28-19/h1-5,10-11,17-18H,6-9,12-13H2. The molecule has 2 amide bonds. The summed E-state index contributed by atoms with van der Waals surface area (Å²) in [6.45, 7) is 2.46. The minimum atomic E-state index is -0.0377. The topological polar surface area (TPSA) is 59.1 Å². The van der Waals surface area contributed by atoms with Gasteiger partial charge in [-0.2, -0.15) is 0 Å². The second-order valence-corrected chi connectivity index (χ2v) is 8.13. The summed E-state index contributed by atoms with van der Waals surface area (Å²) in [5.41, 5.74) is 1.71. The van der Waals surface area contributed by atoms with Crippen molar-refractivity contribution in [2.75, 3.05) is 33.0 Å². The summed E-state index contributed by atoms with van der Waals surface area (Å²) < 4.78 is 10.8. The first-order chi connectivity index (χ1) is 14.1. The lowest BCUT2D eigenvalue weighted by Crippen LogP contribution is -2.51. The van der Waals surface area contributed by atoms with E-state index in [1.54, 1.807) is 29.2 Å². The molecule has 0 bridgehead atoms. The molecule has 2 aromatic rings. The van der Waals surface area contributed by atoms with Crippen LogP contribution in [0.3, 0.4) is 0 Å². The van der Waals surface area contributed by atoms with Crippen molar-refractivity contribution in [2.24, 2.45) is 5.92 Å². The molecule has 2 atom stereocenters. The van der Waals surface area contributed by atoms with Crippen LogP contribution in [0.1, 0.15) is 28.3 Å². The zero-order valence-electron chi connectivity index (χ0n) is 15.8. The molecule has 3 aliphatic rings. The van der Waals surface area contributed by atoms with Crippen LogP contribution in [0, 0.1) is 5.92 Å². The van der Waals surface area contributed by atoms with Crippen molar-refractivity contribution in [3.8, 4) is 11.5 Å². The van der Waals surface area contributed by atoms with Gasteiger partial charge in [0.2, 0.25) is 12.7 Å². The predicted octanol–water partition coefficient (Wildman–Crippen LogP) is 3.16. The number of carbonyl (C=O) groups excluding carboxylic acids is 2. The number of fused-ring (bicyclic) bond motifs is 1. The van der Waals surface area contributed by atoms with E-state index in [1.165, 1.54) is 0 Å². The third-order valence-electron chi connectivity index (χ3n) is 5.88. The Balaban J connectivity index is 1.17. The first-order valence-electron chi connectivity index (χ1n) is 9.83. The van der Waals surface area contributed by atoms with E-state index < -0.39 is 0 Å². The summed E-state index contributed by atoms with van der Waals surface area (Å²) in [4.78, 5) is 29.2. The molecule has 2 fully saturated rings. The Morgan fingerprint density at radius 2 is 1.69 bits per heavy atom. The van der Waals surface area contributed by atoms with Crippen molar-refractivity contribution in [3.63, 3.8) is 0 Å². The Bertz CT molecular complexity index is 971. The fourth-order valence-corrected chi connectivity index (χ4v) is 4.34. The zero-order chi connectivity index (χ0) is 20.0. The van der Waals surface area contributed by atoms with Crippen LogP contribution < -0.4 is 9.47 Å². The van der Waals surface area contributed by atoms with Crippen LogP contribution in [0.15, 0.2) is 42.5 Å². The Labute approximate surface area is 173 Å². The van der Waals surface area contributed by atoms with Gasteiger partial charge in [-0.25, -0.2) is 0 Å². The molecule has 0 aromatic heterocycles. The Kier molecular flexibility index (Phi) is 4.59. The maximum atomic E-state index is 12.9. The molecule has 29 heavy (non-hydrogen) atoms. The zero-order valence-corrected chi connectivity index (χ0v) is 16.6. The minimum Gasteiger partial charge on any atom is -0.454 e. The van der Waals surface area contributed by atoms with Crippen molar-refractivity contribution >= 4 is 23.4 Å². The van der Waals surface area contributed by atoms with Gasteiger partial charge < -0.3 is 19.3 Å². The summed E-state index contributed by atoms with van der Waals surface area (Å²) >= 11 is 5.99. The Morgan fingerprint density at radius 1 is 0.931 bits per heavy atom. The third-order valence-corrected chi connectivity index (χ3v) is 6.12. The van der Waals surface area contributed by atoms with E-state index in [2.05, 4.69) is 0 Å². The lowest BCUT2D eigenvalue weighted by atomic mass is 10.1. The van der Waals surface area contributed by atoms with Crippen molar-refractivity contribution in [1.82, 2.24) is 9.80 Å². The van der Waals surface area contributed by atoms with Crippen LogP contribution in [0.25, 0.3) is 0 Å². The second-order valence-electron chi connectivity index (χ2n) is 7.69. The van der Waals surface area contributed by atoms with Gasteiger partial charge in [0.05, 0.1) is 0 Å². The van der Waals surface area contributed by atoms with Crippen molar-refractivity contribution in [1.29, 1.82) is 0 Å². The highest BCUT2D eigenvalue weighted by Crippen LogP contribution is 2.50. The first-order valence-corrected chi connectivity index (χ1v) is 10.2. The normalized spacial score (nSPS) is 22.5. The van der Waals surface area contributed by atoms with Gasteiger partial charge in [-0.3, -0.25) is 9.59 Å². The van der Waals surface area contributed by atoms with E-state index in [0.717, 1.165) is 23.5 Å². The smallest absolute Gasteiger partial charge is 0.254 e. The van der Waals surface area contributed by atoms with Gasteiger partial charge in [-0.05, 0) is 48.2 Å². The number of ether oxygens (including phenoxy) is 2. The molecule has 2 unspecified atom stereocenters. The summed E-state index contributed by atoms with van der Waals surface area (Å²) in [5.74, 6) is 1.92. The molecule has 5 rings (SSSR count). The van der Waals surface area contributed by atoms with E-state index in [9.17, 15) is 9.59 Å². The number of hydrogen-bond acceptors (Lipinski definition) is 4. The highest BCUT2D eigenvalue weighted by Gasteiger charge is 2.46. The number of rotatable bonds is 3. The van der Waals surface area contributed by atoms with Gasteiger partial charge in [-0.15, -0.1) is 0 Å². The van der Waals surface area contributed by atoms with Gasteiger partial charge in [0.25, 0.3) is 5.91 Å². The molecule has 0 radical (unpaired) electrons. The molecule has 2 aliphatic heterocycles. The molecular formula is C22H21ClN2O4. The highest BCUT2D eigenvalue weighted by molar-refractivity contribution is 6.30. The van der Waals surface area contributed by atoms with E-state index in [0.29, 0.717) is 36.8 Å². The Morgan fingerprint density at radius 3 is 2.48 bits per heavy atom. The molecule has 2 aromatic carbocycles. The number of benzene rings is 2. The lowest BCUT2D eigenvalue weighted by Gasteiger charge is -2.35. The van der Waals surface area contributed by atoms with Crippen molar-refractivity contribution in [2.45, 2.75) is 12.3 Å². The molecular weight excluding hydrogens is 392 g/mol. The van der Waals surface area contributed by atoms with Crippen molar-refractivity contribution in [3.05, 3.63) is 58.6 Å². The summed E-state index contributed by atoms with van der Waals surface area (Å²) in [7, 11) is 0. The fraction of sp³-hybridized carbons (Fsp3) is 0.364. The number of hydrogen-bond donors (Lipinski definition) is 0. The molecule has 2 heterocycles. The van der Waals surface area contributed by atoms with Gasteiger partial charge in [0.1, 0.15) is 0 Å². The van der Waals surface area contributed by atoms with E-state index in [4.69, 9.17) is 21.1 Å². The monoisotopic (exact) mass is 412 g/mol. The maximum absolute atomic E-state index is 12.9. The molecule has 150 valence electrons. The van der Waals surface area contributed by atoms with E-state index >= 15 is 0 Å². The van der Waals surface area contributed by atoms with Crippen LogP contribution in [0.5, 0.6) is 11.5 Å². The van der Waals surface area contributed by atoms with Crippen LogP contribution in [-0.4, -0.2) is 54.6 Å². The average molecular weight is 413 g/mol. The van der Waals surface area contributed by atoms with Crippen molar-refractivity contribution < 1.29 is 19.1 Å². The molecule has 1 aliphatic carbocycles. The Hall–Kier alpha value is -2.73. The third kappa shape index (κ3) is 3.53. The average Bonchev–Trinajstić information content (AvgIpc) is 3.41. The minimum absolute atomic E-state index is 0.0190. The first kappa shape index (κ1) is 18.3. The summed E-state index contributed by atoms with van der Waals surface area (Å²) in [6, 6.07) is 12.9. The molecule has 6 nitrogen and oxygen atoms in total. The number of amides is 2. The number of nitrogens with zero attached hydrogens (tertiary/aromatic N) is 2. The summed E-state index contributed by atoms with van der Waals surface area (Å²) in [6.07, 6.45) is 0.861. The molecule has 1 saturated heterocycles. The number of halogens is 1. The highest BCUT2D eigenvalue weighted by atomic mass is 35.5. The fourth-order valence-electron chi connectivity index (χ4n) is 4.15. The predicted molar refractivity (Wildman–Crippen MR) is 107 cm³/mol. The lowest BCUT2D eigenvalue weighted by molar-refractivity contribution is -0.134. The van der Waals surface area contributed by atoms with Crippen LogP contribution in [0.2, 0.25) is 5.02 Å². The molecule has 0 N–H and O–H groups in total. The maximum Gasteiger partial charge on any atom is 0.254 e. The van der Waals surface area contributed by atoms with Crippen LogP contribution in [-0.2, 0) is 4.79 Å².